The van der Waals surface area contributed by atoms with E-state index in [1.54, 1.807) is 6.07 Å². The van der Waals surface area contributed by atoms with Gasteiger partial charge in [0.1, 0.15) is 31.5 Å². The summed E-state index contributed by atoms with van der Waals surface area (Å²) in [7, 11) is 4.23. The van der Waals surface area contributed by atoms with Crippen LogP contribution in [-0.2, 0) is 6.54 Å². The number of halogens is 1. The highest BCUT2D eigenvalue weighted by atomic mass is 35.5. The Balaban J connectivity index is 1.87. The van der Waals surface area contributed by atoms with Crippen molar-refractivity contribution in [3.8, 4) is 5.75 Å². The molecule has 3 nitrogen and oxygen atoms in total. The number of nitrogens with zero attached hydrogens (tertiary/aromatic N) is 1. The van der Waals surface area contributed by atoms with Crippen LogP contribution in [0.4, 0.5) is 0 Å². The minimum absolute atomic E-state index is 0.277. The van der Waals surface area contributed by atoms with Crippen molar-refractivity contribution >= 4 is 11.6 Å². The number of rotatable bonds is 7. The Bertz CT molecular complexity index is 629. The number of aryl methyl sites for hydroxylation is 1. The van der Waals surface area contributed by atoms with Crippen LogP contribution in [0.15, 0.2) is 48.5 Å². The number of hydrogen-bond donors (Lipinski definition) is 1. The first kappa shape index (κ1) is 17.8. The van der Waals surface area contributed by atoms with Gasteiger partial charge in [0.2, 0.25) is 0 Å². The smallest absolute Gasteiger partial charge is 0.137 e. The molecule has 2 aromatic rings. The Hall–Kier alpha value is -1.55. The molecule has 23 heavy (non-hydrogen) atoms. The van der Waals surface area contributed by atoms with Crippen LogP contribution in [0.25, 0.3) is 0 Å². The average Bonchev–Trinajstić information content (AvgIpc) is 2.46. The van der Waals surface area contributed by atoms with Gasteiger partial charge in [0.15, 0.2) is 0 Å². The van der Waals surface area contributed by atoms with Gasteiger partial charge in [0.05, 0.1) is 14.1 Å². The predicted octanol–water partition coefficient (Wildman–Crippen LogP) is 3.66. The third-order valence-electron chi connectivity index (χ3n) is 3.73. The lowest BCUT2D eigenvalue weighted by atomic mass is 10.2. The number of aliphatic hydroxyl groups excluding tert-OH is 1. The van der Waals surface area contributed by atoms with Crippen molar-refractivity contribution in [3.63, 3.8) is 0 Å². The average molecular weight is 335 g/mol. The van der Waals surface area contributed by atoms with Crippen LogP contribution in [0.1, 0.15) is 11.1 Å². The minimum atomic E-state index is -0.524. The molecule has 4 heteroatoms. The van der Waals surface area contributed by atoms with Gasteiger partial charge in [0.25, 0.3) is 0 Å². The maximum atomic E-state index is 10.3. The lowest BCUT2D eigenvalue weighted by molar-refractivity contribution is -0.906. The molecule has 1 atom stereocenters. The Morgan fingerprint density at radius 3 is 2.48 bits per heavy atom. The first-order valence-electron chi connectivity index (χ1n) is 7.79. The molecule has 1 N–H and O–H groups in total. The number of hydrogen-bond acceptors (Lipinski definition) is 2. The SMILES string of the molecule is Cc1cc(Cl)ccc1OCC(O)C[N+](C)(C)Cc1ccccc1. The molecular formula is C19H25ClNO2+. The fraction of sp³-hybridized carbons (Fsp3) is 0.368. The van der Waals surface area contributed by atoms with Crippen LogP contribution < -0.4 is 4.74 Å². The Morgan fingerprint density at radius 2 is 1.83 bits per heavy atom. The number of likely N-dealkylation sites (N-methyl/N-ethyl adjacent to an activating group) is 1. The Labute approximate surface area is 143 Å². The lowest BCUT2D eigenvalue weighted by Gasteiger charge is -2.32. The summed E-state index contributed by atoms with van der Waals surface area (Å²) in [6, 6.07) is 15.8. The van der Waals surface area contributed by atoms with E-state index < -0.39 is 6.10 Å². The first-order valence-corrected chi connectivity index (χ1v) is 8.16. The number of ether oxygens (including phenoxy) is 1. The quantitative estimate of drug-likeness (QED) is 0.783. The highest BCUT2D eigenvalue weighted by Crippen LogP contribution is 2.22. The predicted molar refractivity (Wildman–Crippen MR) is 94.8 cm³/mol. The molecule has 0 aliphatic carbocycles. The normalized spacial score (nSPS) is 12.9. The van der Waals surface area contributed by atoms with Crippen molar-refractivity contribution in [1.82, 2.24) is 0 Å². The molecule has 2 rings (SSSR count). The number of aliphatic hydroxyl groups is 1. The van der Waals surface area contributed by atoms with Gasteiger partial charge in [-0.25, -0.2) is 0 Å². The zero-order valence-electron chi connectivity index (χ0n) is 14.0. The third kappa shape index (κ3) is 5.87. The summed E-state index contributed by atoms with van der Waals surface area (Å²) in [5, 5.41) is 11.0. The summed E-state index contributed by atoms with van der Waals surface area (Å²) in [5.74, 6) is 0.766. The summed E-state index contributed by atoms with van der Waals surface area (Å²) in [6.07, 6.45) is -0.524. The summed E-state index contributed by atoms with van der Waals surface area (Å²) in [4.78, 5) is 0. The molecule has 0 bridgehead atoms. The molecule has 0 fully saturated rings. The van der Waals surface area contributed by atoms with E-state index in [9.17, 15) is 5.11 Å². The minimum Gasteiger partial charge on any atom is -0.490 e. The third-order valence-corrected chi connectivity index (χ3v) is 3.96. The molecular weight excluding hydrogens is 310 g/mol. The molecule has 2 aromatic carbocycles. The van der Waals surface area contributed by atoms with Gasteiger partial charge in [0, 0.05) is 10.6 Å². The van der Waals surface area contributed by atoms with Gasteiger partial charge in [-0.1, -0.05) is 41.9 Å². The molecule has 0 saturated heterocycles. The first-order chi connectivity index (χ1) is 10.9. The lowest BCUT2D eigenvalue weighted by Crippen LogP contribution is -2.46. The van der Waals surface area contributed by atoms with Crippen molar-refractivity contribution in [3.05, 3.63) is 64.7 Å². The second kappa shape index (κ2) is 7.82. The number of benzene rings is 2. The molecule has 0 saturated carbocycles. The number of quaternary nitrogens is 1. The topological polar surface area (TPSA) is 29.5 Å². The van der Waals surface area contributed by atoms with E-state index >= 15 is 0 Å². The van der Waals surface area contributed by atoms with Crippen molar-refractivity contribution < 1.29 is 14.3 Å². The van der Waals surface area contributed by atoms with Crippen LogP contribution in [0.5, 0.6) is 5.75 Å². The van der Waals surface area contributed by atoms with Crippen molar-refractivity contribution in [2.45, 2.75) is 19.6 Å². The van der Waals surface area contributed by atoms with Gasteiger partial charge in [-0.2, -0.15) is 0 Å². The second-order valence-corrected chi connectivity index (χ2v) is 7.07. The van der Waals surface area contributed by atoms with Crippen molar-refractivity contribution in [2.75, 3.05) is 27.2 Å². The maximum absolute atomic E-state index is 10.3. The van der Waals surface area contributed by atoms with Crippen LogP contribution in [0.3, 0.4) is 0 Å². The Morgan fingerprint density at radius 1 is 1.13 bits per heavy atom. The highest BCUT2D eigenvalue weighted by molar-refractivity contribution is 6.30. The monoisotopic (exact) mass is 334 g/mol. The van der Waals surface area contributed by atoms with E-state index in [2.05, 4.69) is 26.2 Å². The summed E-state index contributed by atoms with van der Waals surface area (Å²) < 4.78 is 6.43. The maximum Gasteiger partial charge on any atom is 0.137 e. The molecule has 0 radical (unpaired) electrons. The van der Waals surface area contributed by atoms with E-state index in [1.807, 2.05) is 37.3 Å². The Kier molecular flexibility index (Phi) is 6.05. The largest absolute Gasteiger partial charge is 0.490 e. The van der Waals surface area contributed by atoms with Crippen LogP contribution >= 0.6 is 11.6 Å². The van der Waals surface area contributed by atoms with Gasteiger partial charge >= 0.3 is 0 Å². The summed E-state index contributed by atoms with van der Waals surface area (Å²) in [6.45, 7) is 3.72. The van der Waals surface area contributed by atoms with E-state index in [0.717, 1.165) is 17.9 Å². The summed E-state index contributed by atoms with van der Waals surface area (Å²) >= 11 is 5.94. The van der Waals surface area contributed by atoms with E-state index in [-0.39, 0.29) is 6.61 Å². The summed E-state index contributed by atoms with van der Waals surface area (Å²) in [5.41, 5.74) is 2.24. The van der Waals surface area contributed by atoms with Gasteiger partial charge < -0.3 is 14.3 Å². The molecule has 1 unspecified atom stereocenters. The fourth-order valence-corrected chi connectivity index (χ4v) is 2.95. The van der Waals surface area contributed by atoms with E-state index in [1.165, 1.54) is 5.56 Å². The van der Waals surface area contributed by atoms with Crippen LogP contribution in [-0.4, -0.2) is 42.9 Å². The molecule has 0 aliphatic heterocycles. The fourth-order valence-electron chi connectivity index (χ4n) is 2.73. The molecule has 0 spiro atoms. The van der Waals surface area contributed by atoms with Crippen molar-refractivity contribution in [2.24, 2.45) is 0 Å². The van der Waals surface area contributed by atoms with Crippen LogP contribution in [0, 0.1) is 6.92 Å². The van der Waals surface area contributed by atoms with E-state index in [0.29, 0.717) is 16.1 Å². The van der Waals surface area contributed by atoms with E-state index in [4.69, 9.17) is 16.3 Å². The molecule has 124 valence electrons. The highest BCUT2D eigenvalue weighted by Gasteiger charge is 2.21. The van der Waals surface area contributed by atoms with Gasteiger partial charge in [-0.15, -0.1) is 0 Å². The standard InChI is InChI=1S/C19H25ClNO2/c1-15-11-17(20)9-10-19(15)23-14-18(22)13-21(2,3)12-16-7-5-4-6-8-16/h4-11,18,22H,12-14H2,1-3H3/q+1. The van der Waals surface area contributed by atoms with Gasteiger partial charge in [-0.05, 0) is 30.7 Å². The molecule has 0 aromatic heterocycles. The van der Waals surface area contributed by atoms with Gasteiger partial charge in [-0.3, -0.25) is 0 Å². The van der Waals surface area contributed by atoms with Crippen molar-refractivity contribution in [1.29, 1.82) is 0 Å². The molecule has 0 heterocycles. The zero-order chi connectivity index (χ0) is 16.9. The second-order valence-electron chi connectivity index (χ2n) is 6.64. The van der Waals surface area contributed by atoms with Crippen LogP contribution in [0.2, 0.25) is 5.02 Å². The molecule has 0 amide bonds. The molecule has 0 aliphatic rings. The zero-order valence-corrected chi connectivity index (χ0v) is 14.8.